The number of fused-ring (bicyclic) bond motifs is 1. The van der Waals surface area contributed by atoms with Crippen molar-refractivity contribution in [3.63, 3.8) is 0 Å². The molecule has 2 aliphatic rings. The number of hydrogen-bond donors (Lipinski definition) is 0. The van der Waals surface area contributed by atoms with Crippen LogP contribution < -0.4 is 4.74 Å². The molecule has 2 saturated heterocycles. The predicted octanol–water partition coefficient (Wildman–Crippen LogP) is 2.38. The van der Waals surface area contributed by atoms with Gasteiger partial charge in [-0.05, 0) is 25.3 Å². The molecule has 2 aliphatic heterocycles. The Bertz CT molecular complexity index is 865. The van der Waals surface area contributed by atoms with Crippen LogP contribution in [0.1, 0.15) is 33.9 Å². The molecule has 28 heavy (non-hydrogen) atoms. The third-order valence-corrected chi connectivity index (χ3v) is 6.42. The average molecular weight is 407 g/mol. The maximum absolute atomic E-state index is 13.3. The Morgan fingerprint density at radius 1 is 1.29 bits per heavy atom. The quantitative estimate of drug-likeness (QED) is 0.752. The molecule has 1 unspecified atom stereocenters. The van der Waals surface area contributed by atoms with Crippen LogP contribution in [-0.2, 0) is 20.8 Å². The highest BCUT2D eigenvalue weighted by atomic mass is 32.1. The summed E-state index contributed by atoms with van der Waals surface area (Å²) in [5, 5.41) is 0.798. The number of hydrogen-bond acceptors (Lipinski definition) is 8. The predicted molar refractivity (Wildman–Crippen MR) is 104 cm³/mol. The van der Waals surface area contributed by atoms with Crippen molar-refractivity contribution in [1.29, 1.82) is 0 Å². The maximum Gasteiger partial charge on any atom is 0.264 e. The van der Waals surface area contributed by atoms with Crippen LogP contribution in [0, 0.1) is 12.8 Å². The van der Waals surface area contributed by atoms with Gasteiger partial charge in [0.25, 0.3) is 5.91 Å². The van der Waals surface area contributed by atoms with E-state index in [-0.39, 0.29) is 18.1 Å². The number of piperidine rings is 1. The van der Waals surface area contributed by atoms with Crippen LogP contribution in [0.4, 0.5) is 0 Å². The van der Waals surface area contributed by atoms with Crippen molar-refractivity contribution in [2.45, 2.75) is 32.7 Å². The number of nitrogens with zero attached hydrogens (tertiary/aromatic N) is 3. The molecule has 0 bridgehead atoms. The van der Waals surface area contributed by atoms with Crippen molar-refractivity contribution in [1.82, 2.24) is 14.9 Å². The molecular formula is C19H25N3O5S. The van der Waals surface area contributed by atoms with Gasteiger partial charge in [-0.25, -0.2) is 4.98 Å². The molecule has 1 amide bonds. The summed E-state index contributed by atoms with van der Waals surface area (Å²) in [6.07, 6.45) is 1.77. The monoisotopic (exact) mass is 407 g/mol. The van der Waals surface area contributed by atoms with Crippen molar-refractivity contribution in [3.05, 3.63) is 16.3 Å². The van der Waals surface area contributed by atoms with E-state index >= 15 is 0 Å². The van der Waals surface area contributed by atoms with Crippen molar-refractivity contribution < 1.29 is 23.7 Å². The first-order valence-electron chi connectivity index (χ1n) is 9.47. The minimum atomic E-state index is -0.193. The first-order chi connectivity index (χ1) is 13.6. The van der Waals surface area contributed by atoms with E-state index < -0.39 is 0 Å². The fourth-order valence-electron chi connectivity index (χ4n) is 3.90. The molecule has 0 spiro atoms. The zero-order valence-corrected chi connectivity index (χ0v) is 17.2. The van der Waals surface area contributed by atoms with Gasteiger partial charge in [-0.3, -0.25) is 4.79 Å². The Labute approximate surface area is 167 Å². The number of likely N-dealkylation sites (tertiary alicyclic amines) is 1. The topological polar surface area (TPSA) is 83.0 Å². The van der Waals surface area contributed by atoms with Gasteiger partial charge in [0.1, 0.15) is 11.4 Å². The van der Waals surface area contributed by atoms with Crippen LogP contribution in [0.5, 0.6) is 5.88 Å². The van der Waals surface area contributed by atoms with E-state index in [9.17, 15) is 4.79 Å². The summed E-state index contributed by atoms with van der Waals surface area (Å²) in [6.45, 7) is 4.88. The standard InChI is InChI=1S/C19H25N3O5S/c1-11-14-16(25-3)20-13(10-24-2)21-17(14)28-15(11)18(23)22-6-4-5-12(9-22)19-26-7-8-27-19/h12,19H,4-10H2,1-3H3. The molecule has 2 fully saturated rings. The summed E-state index contributed by atoms with van der Waals surface area (Å²) in [4.78, 5) is 25.6. The Kier molecular flexibility index (Phi) is 5.77. The van der Waals surface area contributed by atoms with E-state index in [1.807, 2.05) is 11.8 Å². The van der Waals surface area contributed by atoms with E-state index in [2.05, 4.69) is 9.97 Å². The average Bonchev–Trinajstić information content (AvgIpc) is 3.36. The van der Waals surface area contributed by atoms with Crippen molar-refractivity contribution in [3.8, 4) is 5.88 Å². The van der Waals surface area contributed by atoms with E-state index in [1.165, 1.54) is 11.3 Å². The normalized spacial score (nSPS) is 20.8. The van der Waals surface area contributed by atoms with Crippen LogP contribution >= 0.6 is 11.3 Å². The highest BCUT2D eigenvalue weighted by Gasteiger charge is 2.34. The second-order valence-corrected chi connectivity index (χ2v) is 8.08. The van der Waals surface area contributed by atoms with Gasteiger partial charge in [-0.2, -0.15) is 4.98 Å². The number of carbonyl (C=O) groups excluding carboxylic acids is 1. The largest absolute Gasteiger partial charge is 0.480 e. The lowest BCUT2D eigenvalue weighted by atomic mass is 9.97. The van der Waals surface area contributed by atoms with Crippen molar-refractivity contribution in [2.24, 2.45) is 5.92 Å². The Morgan fingerprint density at radius 3 is 2.79 bits per heavy atom. The van der Waals surface area contributed by atoms with E-state index in [4.69, 9.17) is 18.9 Å². The molecule has 0 aliphatic carbocycles. The van der Waals surface area contributed by atoms with Gasteiger partial charge in [-0.15, -0.1) is 11.3 Å². The maximum atomic E-state index is 13.3. The Hall–Kier alpha value is -1.81. The molecular weight excluding hydrogens is 382 g/mol. The minimum Gasteiger partial charge on any atom is -0.480 e. The molecule has 4 rings (SSSR count). The molecule has 1 atom stereocenters. The van der Waals surface area contributed by atoms with Crippen LogP contribution in [0.15, 0.2) is 0 Å². The van der Waals surface area contributed by atoms with Crippen LogP contribution in [-0.4, -0.2) is 67.6 Å². The summed E-state index contributed by atoms with van der Waals surface area (Å²) in [5.41, 5.74) is 0.862. The lowest BCUT2D eigenvalue weighted by Gasteiger charge is -2.34. The summed E-state index contributed by atoms with van der Waals surface area (Å²) < 4.78 is 21.9. The lowest BCUT2D eigenvalue weighted by molar-refractivity contribution is -0.0969. The molecule has 0 radical (unpaired) electrons. The smallest absolute Gasteiger partial charge is 0.264 e. The molecule has 152 valence electrons. The summed E-state index contributed by atoms with van der Waals surface area (Å²) in [7, 11) is 3.17. The van der Waals surface area contributed by atoms with Gasteiger partial charge in [0.2, 0.25) is 5.88 Å². The molecule has 4 heterocycles. The first kappa shape index (κ1) is 19.5. The van der Waals surface area contributed by atoms with Gasteiger partial charge in [-0.1, -0.05) is 0 Å². The number of aryl methyl sites for hydroxylation is 1. The third kappa shape index (κ3) is 3.59. The fraction of sp³-hybridized carbons (Fsp3) is 0.632. The van der Waals surface area contributed by atoms with Gasteiger partial charge in [0.05, 0.1) is 30.6 Å². The number of carbonyl (C=O) groups is 1. The highest BCUT2D eigenvalue weighted by Crippen LogP contribution is 2.36. The van der Waals surface area contributed by atoms with Gasteiger partial charge in [0, 0.05) is 26.1 Å². The zero-order valence-electron chi connectivity index (χ0n) is 16.4. The molecule has 0 aromatic carbocycles. The molecule has 2 aromatic heterocycles. The van der Waals surface area contributed by atoms with Gasteiger partial charge < -0.3 is 23.8 Å². The summed E-state index contributed by atoms with van der Waals surface area (Å²) in [6, 6.07) is 0. The lowest BCUT2D eigenvalue weighted by Crippen LogP contribution is -2.43. The van der Waals surface area contributed by atoms with Crippen LogP contribution in [0.3, 0.4) is 0 Å². The fourth-order valence-corrected chi connectivity index (χ4v) is 5.06. The molecule has 0 N–H and O–H groups in total. The number of ether oxygens (including phenoxy) is 4. The van der Waals surface area contributed by atoms with Crippen LogP contribution in [0.25, 0.3) is 10.2 Å². The van der Waals surface area contributed by atoms with Crippen molar-refractivity contribution >= 4 is 27.5 Å². The van der Waals surface area contributed by atoms with Gasteiger partial charge in [0.15, 0.2) is 12.1 Å². The molecule has 2 aromatic rings. The first-order valence-corrected chi connectivity index (χ1v) is 10.3. The number of amides is 1. The Balaban J connectivity index is 1.62. The van der Waals surface area contributed by atoms with E-state index in [0.29, 0.717) is 42.9 Å². The number of rotatable bonds is 5. The van der Waals surface area contributed by atoms with Crippen LogP contribution in [0.2, 0.25) is 0 Å². The van der Waals surface area contributed by atoms with E-state index in [0.717, 1.165) is 35.2 Å². The molecule has 9 heteroatoms. The number of methoxy groups -OCH3 is 2. The third-order valence-electron chi connectivity index (χ3n) is 5.24. The summed E-state index contributed by atoms with van der Waals surface area (Å²) in [5.74, 6) is 1.27. The van der Waals surface area contributed by atoms with Crippen molar-refractivity contribution in [2.75, 3.05) is 40.5 Å². The highest BCUT2D eigenvalue weighted by molar-refractivity contribution is 7.20. The van der Waals surface area contributed by atoms with Gasteiger partial charge >= 0.3 is 0 Å². The van der Waals surface area contributed by atoms with E-state index in [1.54, 1.807) is 14.2 Å². The summed E-state index contributed by atoms with van der Waals surface area (Å²) >= 11 is 1.39. The number of aromatic nitrogens is 2. The number of thiophene rings is 1. The molecule has 0 saturated carbocycles. The Morgan fingerprint density at radius 2 is 2.07 bits per heavy atom. The SMILES string of the molecule is COCc1nc(OC)c2c(C)c(C(=O)N3CCCC(C4OCCO4)C3)sc2n1. The zero-order chi connectivity index (χ0) is 19.7. The second-order valence-electron chi connectivity index (χ2n) is 7.08. The minimum absolute atomic E-state index is 0.0264. The second kappa shape index (κ2) is 8.28. The molecule has 8 nitrogen and oxygen atoms in total.